The molecule has 0 aliphatic carbocycles. The standard InChI is InChI=1S/C13H15F2N3O2/c1-7(2)10(16)11-17-12(20-18-11)8-4-3-5-9(6-8)19-13(14)15/h3-7,10,13H,16H2,1-2H3. The number of halogens is 2. The molecular weight excluding hydrogens is 268 g/mol. The summed E-state index contributed by atoms with van der Waals surface area (Å²) in [6, 6.07) is 5.72. The predicted molar refractivity (Wildman–Crippen MR) is 68.1 cm³/mol. The second-order valence-electron chi connectivity index (χ2n) is 4.63. The Morgan fingerprint density at radius 3 is 2.70 bits per heavy atom. The van der Waals surface area contributed by atoms with Gasteiger partial charge in [0, 0.05) is 5.56 Å². The lowest BCUT2D eigenvalue weighted by Gasteiger charge is -2.09. The van der Waals surface area contributed by atoms with Crippen LogP contribution in [0, 0.1) is 5.92 Å². The van der Waals surface area contributed by atoms with Crippen LogP contribution in [0.1, 0.15) is 25.7 Å². The minimum atomic E-state index is -2.88. The van der Waals surface area contributed by atoms with Crippen LogP contribution in [0.25, 0.3) is 11.5 Å². The summed E-state index contributed by atoms with van der Waals surface area (Å²) in [7, 11) is 0. The maximum Gasteiger partial charge on any atom is 0.387 e. The van der Waals surface area contributed by atoms with Gasteiger partial charge in [-0.2, -0.15) is 13.8 Å². The van der Waals surface area contributed by atoms with Crippen molar-refractivity contribution in [3.8, 4) is 17.2 Å². The SMILES string of the molecule is CC(C)C(N)c1noc(-c2cccc(OC(F)F)c2)n1. The van der Waals surface area contributed by atoms with Crippen molar-refractivity contribution < 1.29 is 18.0 Å². The number of benzene rings is 1. The molecule has 5 nitrogen and oxygen atoms in total. The van der Waals surface area contributed by atoms with Gasteiger partial charge in [0.25, 0.3) is 5.89 Å². The van der Waals surface area contributed by atoms with E-state index in [0.29, 0.717) is 11.4 Å². The minimum absolute atomic E-state index is 0.0328. The monoisotopic (exact) mass is 283 g/mol. The maximum atomic E-state index is 12.2. The molecule has 0 bridgehead atoms. The topological polar surface area (TPSA) is 74.2 Å². The summed E-state index contributed by atoms with van der Waals surface area (Å²) in [5.74, 6) is 0.797. The fourth-order valence-corrected chi connectivity index (χ4v) is 1.59. The van der Waals surface area contributed by atoms with E-state index in [1.807, 2.05) is 13.8 Å². The molecule has 1 atom stereocenters. The molecule has 108 valence electrons. The van der Waals surface area contributed by atoms with Crippen molar-refractivity contribution in [3.05, 3.63) is 30.1 Å². The van der Waals surface area contributed by atoms with Crippen molar-refractivity contribution in [3.63, 3.8) is 0 Å². The Hall–Kier alpha value is -2.02. The molecule has 0 spiro atoms. The Labute approximate surface area is 114 Å². The quantitative estimate of drug-likeness (QED) is 0.913. The highest BCUT2D eigenvalue weighted by Gasteiger charge is 2.18. The van der Waals surface area contributed by atoms with Crippen molar-refractivity contribution in [2.75, 3.05) is 0 Å². The van der Waals surface area contributed by atoms with Gasteiger partial charge in [-0.3, -0.25) is 0 Å². The molecule has 1 heterocycles. The molecule has 1 aromatic carbocycles. The fraction of sp³-hybridized carbons (Fsp3) is 0.385. The summed E-state index contributed by atoms with van der Waals surface area (Å²) in [4.78, 5) is 4.18. The molecule has 0 saturated heterocycles. The van der Waals surface area contributed by atoms with Gasteiger partial charge in [0.15, 0.2) is 5.82 Å². The molecule has 0 radical (unpaired) electrons. The van der Waals surface area contributed by atoms with Gasteiger partial charge in [-0.25, -0.2) is 0 Å². The Balaban J connectivity index is 2.24. The number of hydrogen-bond acceptors (Lipinski definition) is 5. The number of alkyl halides is 2. The van der Waals surface area contributed by atoms with Crippen molar-refractivity contribution in [2.45, 2.75) is 26.5 Å². The van der Waals surface area contributed by atoms with E-state index in [-0.39, 0.29) is 23.6 Å². The van der Waals surface area contributed by atoms with Crippen molar-refractivity contribution >= 4 is 0 Å². The van der Waals surface area contributed by atoms with Crippen molar-refractivity contribution in [1.29, 1.82) is 0 Å². The van der Waals surface area contributed by atoms with Crippen molar-refractivity contribution in [2.24, 2.45) is 11.7 Å². The second kappa shape index (κ2) is 5.96. The van der Waals surface area contributed by atoms with E-state index in [9.17, 15) is 8.78 Å². The van der Waals surface area contributed by atoms with Crippen LogP contribution in [0.4, 0.5) is 8.78 Å². The molecule has 0 aliphatic rings. The first-order valence-electron chi connectivity index (χ1n) is 6.12. The highest BCUT2D eigenvalue weighted by Crippen LogP contribution is 2.25. The summed E-state index contributed by atoms with van der Waals surface area (Å²) in [5.41, 5.74) is 6.41. The third-order valence-electron chi connectivity index (χ3n) is 2.76. The maximum absolute atomic E-state index is 12.2. The van der Waals surface area contributed by atoms with Crippen LogP contribution in [0.5, 0.6) is 5.75 Å². The van der Waals surface area contributed by atoms with E-state index >= 15 is 0 Å². The van der Waals surface area contributed by atoms with Gasteiger partial charge < -0.3 is 15.0 Å². The van der Waals surface area contributed by atoms with Crippen LogP contribution >= 0.6 is 0 Å². The van der Waals surface area contributed by atoms with E-state index in [0.717, 1.165) is 0 Å². The number of nitrogens with zero attached hydrogens (tertiary/aromatic N) is 2. The molecular formula is C13H15F2N3O2. The zero-order valence-corrected chi connectivity index (χ0v) is 11.1. The smallest absolute Gasteiger partial charge is 0.387 e. The highest BCUT2D eigenvalue weighted by atomic mass is 19.3. The fourth-order valence-electron chi connectivity index (χ4n) is 1.59. The average Bonchev–Trinajstić information content (AvgIpc) is 2.86. The molecule has 0 amide bonds. The van der Waals surface area contributed by atoms with Crippen LogP contribution in [-0.2, 0) is 0 Å². The number of rotatable bonds is 5. The summed E-state index contributed by atoms with van der Waals surface area (Å²) < 4.78 is 33.7. The molecule has 20 heavy (non-hydrogen) atoms. The van der Waals surface area contributed by atoms with Gasteiger partial charge in [-0.15, -0.1) is 0 Å². The lowest BCUT2D eigenvalue weighted by molar-refractivity contribution is -0.0498. The van der Waals surface area contributed by atoms with Gasteiger partial charge in [0.05, 0.1) is 6.04 Å². The number of aromatic nitrogens is 2. The first-order valence-corrected chi connectivity index (χ1v) is 6.12. The summed E-state index contributed by atoms with van der Waals surface area (Å²) in [6.07, 6.45) is 0. The van der Waals surface area contributed by atoms with E-state index < -0.39 is 6.61 Å². The molecule has 0 fully saturated rings. The highest BCUT2D eigenvalue weighted by molar-refractivity contribution is 5.55. The van der Waals surface area contributed by atoms with Crippen LogP contribution < -0.4 is 10.5 Å². The molecule has 2 aromatic rings. The third-order valence-corrected chi connectivity index (χ3v) is 2.76. The molecule has 7 heteroatoms. The first-order chi connectivity index (χ1) is 9.47. The minimum Gasteiger partial charge on any atom is -0.435 e. The lowest BCUT2D eigenvalue weighted by Crippen LogP contribution is -2.18. The van der Waals surface area contributed by atoms with Gasteiger partial charge in [0.2, 0.25) is 0 Å². The van der Waals surface area contributed by atoms with Gasteiger partial charge >= 0.3 is 6.61 Å². The number of hydrogen-bond donors (Lipinski definition) is 1. The largest absolute Gasteiger partial charge is 0.435 e. The number of ether oxygens (including phenoxy) is 1. The van der Waals surface area contributed by atoms with Crippen LogP contribution in [0.2, 0.25) is 0 Å². The molecule has 2 rings (SSSR count). The van der Waals surface area contributed by atoms with Gasteiger partial charge in [-0.1, -0.05) is 25.1 Å². The van der Waals surface area contributed by atoms with Gasteiger partial charge in [0.1, 0.15) is 5.75 Å². The van der Waals surface area contributed by atoms with E-state index in [1.165, 1.54) is 12.1 Å². The third kappa shape index (κ3) is 3.30. The summed E-state index contributed by atoms with van der Waals surface area (Å²) in [6.45, 7) is 1.01. The van der Waals surface area contributed by atoms with Crippen molar-refractivity contribution in [1.82, 2.24) is 10.1 Å². The van der Waals surface area contributed by atoms with Crippen LogP contribution in [0.3, 0.4) is 0 Å². The van der Waals surface area contributed by atoms with E-state index in [1.54, 1.807) is 12.1 Å². The Morgan fingerprint density at radius 2 is 2.05 bits per heavy atom. The first kappa shape index (κ1) is 14.4. The normalized spacial score (nSPS) is 12.9. The lowest BCUT2D eigenvalue weighted by atomic mass is 10.1. The molecule has 0 saturated carbocycles. The average molecular weight is 283 g/mol. The number of nitrogens with two attached hydrogens (primary N) is 1. The van der Waals surface area contributed by atoms with Gasteiger partial charge in [-0.05, 0) is 24.1 Å². The molecule has 2 N–H and O–H groups in total. The van der Waals surface area contributed by atoms with E-state index in [2.05, 4.69) is 14.9 Å². The Morgan fingerprint density at radius 1 is 1.30 bits per heavy atom. The molecule has 0 aliphatic heterocycles. The van der Waals surface area contributed by atoms with E-state index in [4.69, 9.17) is 10.3 Å². The van der Waals surface area contributed by atoms with Crippen LogP contribution in [-0.4, -0.2) is 16.8 Å². The molecule has 1 aromatic heterocycles. The predicted octanol–water partition coefficient (Wildman–Crippen LogP) is 2.99. The van der Waals surface area contributed by atoms with Crippen LogP contribution in [0.15, 0.2) is 28.8 Å². The zero-order chi connectivity index (χ0) is 14.7. The summed E-state index contributed by atoms with van der Waals surface area (Å²) >= 11 is 0. The summed E-state index contributed by atoms with van der Waals surface area (Å²) in [5, 5.41) is 3.80. The Bertz CT molecular complexity index is 572. The molecule has 1 unspecified atom stereocenters. The second-order valence-corrected chi connectivity index (χ2v) is 4.63. The Kier molecular flexibility index (Phi) is 4.29. The zero-order valence-electron chi connectivity index (χ0n) is 11.1.